The van der Waals surface area contributed by atoms with Crippen molar-refractivity contribution in [1.29, 1.82) is 0 Å². The first-order valence-electron chi connectivity index (χ1n) is 7.14. The second-order valence-corrected chi connectivity index (χ2v) is 5.90. The number of hydrogen-bond acceptors (Lipinski definition) is 2. The van der Waals surface area contributed by atoms with Crippen molar-refractivity contribution in [3.63, 3.8) is 0 Å². The van der Waals surface area contributed by atoms with Crippen molar-refractivity contribution in [2.24, 2.45) is 5.92 Å². The van der Waals surface area contributed by atoms with Gasteiger partial charge in [0.05, 0.1) is 6.10 Å². The molecule has 0 spiro atoms. The van der Waals surface area contributed by atoms with Crippen molar-refractivity contribution < 1.29 is 14.3 Å². The summed E-state index contributed by atoms with van der Waals surface area (Å²) in [5.74, 6) is -0.374. The molecule has 4 heteroatoms. The minimum atomic E-state index is -0.549. The molecule has 1 N–H and O–H groups in total. The maximum atomic E-state index is 13.7. The standard InChI is InChI=1S/C16H22FNO2/c1-10(2)18(9-11(3)19)16(20)14-8-13(14)12-6-4-5-7-15(12)17/h4-7,10-11,13-14,19H,8-9H2,1-3H3. The Morgan fingerprint density at radius 3 is 2.60 bits per heavy atom. The molecular weight excluding hydrogens is 257 g/mol. The van der Waals surface area contributed by atoms with Gasteiger partial charge in [-0.2, -0.15) is 0 Å². The van der Waals surface area contributed by atoms with Gasteiger partial charge in [0.25, 0.3) is 0 Å². The highest BCUT2D eigenvalue weighted by Crippen LogP contribution is 2.49. The molecule has 0 aliphatic heterocycles. The van der Waals surface area contributed by atoms with Crippen LogP contribution in [0, 0.1) is 11.7 Å². The molecule has 0 bridgehead atoms. The smallest absolute Gasteiger partial charge is 0.226 e. The van der Waals surface area contributed by atoms with Gasteiger partial charge in [-0.15, -0.1) is 0 Å². The third-order valence-corrected chi connectivity index (χ3v) is 3.78. The van der Waals surface area contributed by atoms with Gasteiger partial charge in [-0.05, 0) is 44.7 Å². The van der Waals surface area contributed by atoms with Crippen LogP contribution < -0.4 is 0 Å². The first-order chi connectivity index (χ1) is 9.41. The molecule has 1 fully saturated rings. The van der Waals surface area contributed by atoms with Crippen molar-refractivity contribution >= 4 is 5.91 Å². The summed E-state index contributed by atoms with van der Waals surface area (Å²) in [6, 6.07) is 6.69. The van der Waals surface area contributed by atoms with E-state index in [4.69, 9.17) is 0 Å². The molecule has 2 rings (SSSR count). The monoisotopic (exact) mass is 279 g/mol. The summed E-state index contributed by atoms with van der Waals surface area (Å²) in [4.78, 5) is 14.2. The van der Waals surface area contributed by atoms with Gasteiger partial charge in [-0.1, -0.05) is 18.2 Å². The maximum absolute atomic E-state index is 13.7. The van der Waals surface area contributed by atoms with Crippen LogP contribution >= 0.6 is 0 Å². The van der Waals surface area contributed by atoms with E-state index >= 15 is 0 Å². The molecule has 0 saturated heterocycles. The molecule has 1 aromatic carbocycles. The van der Waals surface area contributed by atoms with Gasteiger partial charge in [0.1, 0.15) is 5.82 Å². The van der Waals surface area contributed by atoms with E-state index < -0.39 is 6.10 Å². The first-order valence-corrected chi connectivity index (χ1v) is 7.14. The largest absolute Gasteiger partial charge is 0.392 e. The Balaban J connectivity index is 2.06. The Hall–Kier alpha value is -1.42. The van der Waals surface area contributed by atoms with Crippen LogP contribution in [-0.2, 0) is 4.79 Å². The van der Waals surface area contributed by atoms with E-state index in [2.05, 4.69) is 0 Å². The normalized spacial score (nSPS) is 22.7. The minimum absolute atomic E-state index is 0.0149. The molecular formula is C16H22FNO2. The number of aliphatic hydroxyl groups excluding tert-OH is 1. The molecule has 0 radical (unpaired) electrons. The summed E-state index contributed by atoms with van der Waals surface area (Å²) in [6.45, 7) is 5.86. The molecule has 20 heavy (non-hydrogen) atoms. The lowest BCUT2D eigenvalue weighted by atomic mass is 10.1. The van der Waals surface area contributed by atoms with Crippen LogP contribution in [0.4, 0.5) is 4.39 Å². The van der Waals surface area contributed by atoms with Crippen LogP contribution in [0.25, 0.3) is 0 Å². The predicted octanol–water partition coefficient (Wildman–Crippen LogP) is 2.55. The van der Waals surface area contributed by atoms with Crippen molar-refractivity contribution in [3.05, 3.63) is 35.6 Å². The van der Waals surface area contributed by atoms with E-state index in [0.717, 1.165) is 0 Å². The minimum Gasteiger partial charge on any atom is -0.392 e. The third kappa shape index (κ3) is 3.18. The SMILES string of the molecule is CC(O)CN(C(=O)C1CC1c1ccccc1F)C(C)C. The number of carbonyl (C=O) groups is 1. The first kappa shape index (κ1) is 15.0. The molecule has 1 aromatic rings. The van der Waals surface area contributed by atoms with E-state index in [0.29, 0.717) is 18.5 Å². The molecule has 1 saturated carbocycles. The lowest BCUT2D eigenvalue weighted by Crippen LogP contribution is -2.42. The molecule has 3 nitrogen and oxygen atoms in total. The summed E-state index contributed by atoms with van der Waals surface area (Å²) in [5, 5.41) is 9.50. The lowest BCUT2D eigenvalue weighted by molar-refractivity contribution is -0.135. The van der Waals surface area contributed by atoms with Gasteiger partial charge in [0.15, 0.2) is 0 Å². The number of aliphatic hydroxyl groups is 1. The van der Waals surface area contributed by atoms with Crippen molar-refractivity contribution in [2.75, 3.05) is 6.54 Å². The average Bonchev–Trinajstić information content (AvgIpc) is 3.15. The van der Waals surface area contributed by atoms with Crippen LogP contribution in [0.5, 0.6) is 0 Å². The number of hydrogen-bond donors (Lipinski definition) is 1. The zero-order valence-electron chi connectivity index (χ0n) is 12.2. The fourth-order valence-corrected chi connectivity index (χ4v) is 2.64. The molecule has 3 atom stereocenters. The molecule has 1 aliphatic carbocycles. The average molecular weight is 279 g/mol. The second kappa shape index (κ2) is 5.92. The quantitative estimate of drug-likeness (QED) is 0.900. The van der Waals surface area contributed by atoms with E-state index in [9.17, 15) is 14.3 Å². The Morgan fingerprint density at radius 1 is 1.40 bits per heavy atom. The number of nitrogens with zero attached hydrogens (tertiary/aromatic N) is 1. The Kier molecular flexibility index (Phi) is 4.43. The van der Waals surface area contributed by atoms with E-state index in [-0.39, 0.29) is 29.6 Å². The van der Waals surface area contributed by atoms with Crippen LogP contribution in [0.3, 0.4) is 0 Å². The molecule has 0 heterocycles. The molecule has 0 aromatic heterocycles. The van der Waals surface area contributed by atoms with E-state index in [1.165, 1.54) is 6.07 Å². The van der Waals surface area contributed by atoms with Crippen molar-refractivity contribution in [1.82, 2.24) is 4.90 Å². The highest BCUT2D eigenvalue weighted by atomic mass is 19.1. The van der Waals surface area contributed by atoms with Crippen molar-refractivity contribution in [3.8, 4) is 0 Å². The van der Waals surface area contributed by atoms with Gasteiger partial charge < -0.3 is 10.0 Å². The number of rotatable bonds is 5. The molecule has 1 amide bonds. The van der Waals surface area contributed by atoms with Gasteiger partial charge in [-0.25, -0.2) is 4.39 Å². The Labute approximate surface area is 119 Å². The highest BCUT2D eigenvalue weighted by molar-refractivity contribution is 5.83. The summed E-state index contributed by atoms with van der Waals surface area (Å²) < 4.78 is 13.7. The zero-order valence-corrected chi connectivity index (χ0v) is 12.2. The summed E-state index contributed by atoms with van der Waals surface area (Å²) >= 11 is 0. The summed E-state index contributed by atoms with van der Waals surface area (Å²) in [5.41, 5.74) is 0.631. The number of benzene rings is 1. The highest BCUT2D eigenvalue weighted by Gasteiger charge is 2.47. The van der Waals surface area contributed by atoms with Crippen LogP contribution in [0.1, 0.15) is 38.7 Å². The fraction of sp³-hybridized carbons (Fsp3) is 0.562. The Morgan fingerprint density at radius 2 is 2.05 bits per heavy atom. The summed E-state index contributed by atoms with van der Waals surface area (Å²) in [7, 11) is 0. The van der Waals surface area contributed by atoms with Crippen LogP contribution in [0.15, 0.2) is 24.3 Å². The van der Waals surface area contributed by atoms with Crippen molar-refractivity contribution in [2.45, 2.75) is 45.3 Å². The van der Waals surface area contributed by atoms with Gasteiger partial charge in [-0.3, -0.25) is 4.79 Å². The number of amides is 1. The van der Waals surface area contributed by atoms with Gasteiger partial charge in [0, 0.05) is 18.5 Å². The van der Waals surface area contributed by atoms with Gasteiger partial charge >= 0.3 is 0 Å². The van der Waals surface area contributed by atoms with Crippen LogP contribution in [0.2, 0.25) is 0 Å². The lowest BCUT2D eigenvalue weighted by Gasteiger charge is -2.28. The number of halogens is 1. The second-order valence-electron chi connectivity index (χ2n) is 5.90. The maximum Gasteiger partial charge on any atom is 0.226 e. The number of carbonyl (C=O) groups excluding carboxylic acids is 1. The van der Waals surface area contributed by atoms with Gasteiger partial charge in [0.2, 0.25) is 5.91 Å². The molecule has 1 aliphatic rings. The molecule has 3 unspecified atom stereocenters. The molecule has 110 valence electrons. The predicted molar refractivity (Wildman–Crippen MR) is 75.8 cm³/mol. The third-order valence-electron chi connectivity index (χ3n) is 3.78. The van der Waals surface area contributed by atoms with E-state index in [1.807, 2.05) is 13.8 Å². The fourth-order valence-electron chi connectivity index (χ4n) is 2.64. The summed E-state index contributed by atoms with van der Waals surface area (Å²) in [6.07, 6.45) is 0.148. The van der Waals surface area contributed by atoms with Crippen LogP contribution in [-0.4, -0.2) is 34.6 Å². The van der Waals surface area contributed by atoms with E-state index in [1.54, 1.807) is 30.0 Å². The topological polar surface area (TPSA) is 40.5 Å². The zero-order chi connectivity index (χ0) is 14.9. The Bertz CT molecular complexity index is 487.